The van der Waals surface area contributed by atoms with Crippen molar-refractivity contribution >= 4 is 12.0 Å². The number of carbonyl (C=O) groups is 2. The first-order valence-electron chi connectivity index (χ1n) is 5.90. The van der Waals surface area contributed by atoms with Crippen LogP contribution in [0.1, 0.15) is 31.6 Å². The lowest BCUT2D eigenvalue weighted by molar-refractivity contribution is -0.137. The monoisotopic (exact) mass is 252 g/mol. The maximum atomic E-state index is 12.0. The van der Waals surface area contributed by atoms with Gasteiger partial charge >= 0.3 is 12.0 Å². The fourth-order valence-electron chi connectivity index (χ4n) is 1.78. The number of hydrogen-bond donors (Lipinski definition) is 2. The number of aliphatic carboxylic acids is 1. The first-order valence-corrected chi connectivity index (χ1v) is 5.90. The number of carbonyl (C=O) groups excluding carboxylic acids is 1. The first kappa shape index (κ1) is 12.5. The molecule has 6 nitrogen and oxygen atoms in total. The Balaban J connectivity index is 1.94. The van der Waals surface area contributed by atoms with E-state index in [1.807, 2.05) is 0 Å². The van der Waals surface area contributed by atoms with Crippen molar-refractivity contribution < 1.29 is 19.1 Å². The number of carboxylic acids is 1. The summed E-state index contributed by atoms with van der Waals surface area (Å²) in [6, 6.07) is 2.94. The van der Waals surface area contributed by atoms with Gasteiger partial charge in [0.15, 0.2) is 0 Å². The highest BCUT2D eigenvalue weighted by atomic mass is 16.4. The molecule has 2 amide bonds. The van der Waals surface area contributed by atoms with Crippen molar-refractivity contribution in [2.24, 2.45) is 0 Å². The van der Waals surface area contributed by atoms with Gasteiger partial charge in [-0.2, -0.15) is 0 Å². The van der Waals surface area contributed by atoms with E-state index in [0.29, 0.717) is 5.76 Å². The molecular weight excluding hydrogens is 236 g/mol. The Morgan fingerprint density at radius 2 is 2.33 bits per heavy atom. The van der Waals surface area contributed by atoms with Crippen LogP contribution in [0.25, 0.3) is 0 Å². The SMILES string of the molecule is CC(NC(=O)N(CC(=O)O)C1CC1)c1ccco1. The maximum absolute atomic E-state index is 12.0. The van der Waals surface area contributed by atoms with Crippen molar-refractivity contribution in [3.63, 3.8) is 0 Å². The van der Waals surface area contributed by atoms with Crippen LogP contribution in [-0.2, 0) is 4.79 Å². The van der Waals surface area contributed by atoms with Gasteiger partial charge in [0.25, 0.3) is 0 Å². The van der Waals surface area contributed by atoms with Gasteiger partial charge in [-0.25, -0.2) is 4.79 Å². The van der Waals surface area contributed by atoms with Crippen LogP contribution in [0.3, 0.4) is 0 Å². The number of nitrogens with zero attached hydrogens (tertiary/aromatic N) is 1. The highest BCUT2D eigenvalue weighted by molar-refractivity contribution is 5.80. The van der Waals surface area contributed by atoms with E-state index in [2.05, 4.69) is 5.32 Å². The zero-order chi connectivity index (χ0) is 13.1. The number of nitrogens with one attached hydrogen (secondary N) is 1. The Morgan fingerprint density at radius 1 is 1.61 bits per heavy atom. The predicted octanol–water partition coefficient (Wildman–Crippen LogP) is 1.60. The second-order valence-electron chi connectivity index (χ2n) is 4.44. The molecule has 1 saturated carbocycles. The quantitative estimate of drug-likeness (QED) is 0.833. The average molecular weight is 252 g/mol. The summed E-state index contributed by atoms with van der Waals surface area (Å²) in [5, 5.41) is 11.5. The van der Waals surface area contributed by atoms with Crippen LogP contribution >= 0.6 is 0 Å². The lowest BCUT2D eigenvalue weighted by Gasteiger charge is -2.22. The smallest absolute Gasteiger partial charge is 0.323 e. The number of furan rings is 1. The summed E-state index contributed by atoms with van der Waals surface area (Å²) in [4.78, 5) is 24.1. The van der Waals surface area contributed by atoms with E-state index in [9.17, 15) is 9.59 Å². The number of hydrogen-bond acceptors (Lipinski definition) is 3. The molecule has 0 aromatic carbocycles. The third-order valence-corrected chi connectivity index (χ3v) is 2.86. The zero-order valence-corrected chi connectivity index (χ0v) is 10.1. The molecule has 1 aliphatic rings. The Bertz CT molecular complexity index is 425. The molecule has 2 N–H and O–H groups in total. The van der Waals surface area contributed by atoms with Gasteiger partial charge in [-0.1, -0.05) is 0 Å². The van der Waals surface area contributed by atoms with Crippen LogP contribution in [0.5, 0.6) is 0 Å². The van der Waals surface area contributed by atoms with Crippen LogP contribution in [0.15, 0.2) is 22.8 Å². The number of carboxylic acid groups (broad SMARTS) is 1. The van der Waals surface area contributed by atoms with Gasteiger partial charge in [0.1, 0.15) is 12.3 Å². The van der Waals surface area contributed by atoms with Crippen molar-refractivity contribution in [1.82, 2.24) is 10.2 Å². The topological polar surface area (TPSA) is 82.8 Å². The molecule has 98 valence electrons. The van der Waals surface area contributed by atoms with Crippen LogP contribution in [-0.4, -0.2) is 34.6 Å². The maximum Gasteiger partial charge on any atom is 0.323 e. The number of rotatable bonds is 5. The summed E-state index contributed by atoms with van der Waals surface area (Å²) in [5.41, 5.74) is 0. The van der Waals surface area contributed by atoms with E-state index in [-0.39, 0.29) is 24.7 Å². The third kappa shape index (κ3) is 3.03. The molecule has 1 aliphatic carbocycles. The summed E-state index contributed by atoms with van der Waals surface area (Å²) < 4.78 is 5.18. The van der Waals surface area contributed by atoms with Crippen LogP contribution < -0.4 is 5.32 Å². The highest BCUT2D eigenvalue weighted by Crippen LogP contribution is 2.27. The van der Waals surface area contributed by atoms with Gasteiger partial charge in [0, 0.05) is 6.04 Å². The van der Waals surface area contributed by atoms with Crippen molar-refractivity contribution in [2.45, 2.75) is 31.8 Å². The molecular formula is C12H16N2O4. The summed E-state index contributed by atoms with van der Waals surface area (Å²) >= 11 is 0. The molecule has 1 fully saturated rings. The molecule has 18 heavy (non-hydrogen) atoms. The highest BCUT2D eigenvalue weighted by Gasteiger charge is 2.34. The van der Waals surface area contributed by atoms with E-state index >= 15 is 0 Å². The molecule has 1 aromatic rings. The minimum Gasteiger partial charge on any atom is -0.480 e. The van der Waals surface area contributed by atoms with E-state index in [4.69, 9.17) is 9.52 Å². The summed E-state index contributed by atoms with van der Waals surface area (Å²) in [6.07, 6.45) is 3.28. The molecule has 6 heteroatoms. The van der Waals surface area contributed by atoms with Crippen molar-refractivity contribution in [1.29, 1.82) is 0 Å². The largest absolute Gasteiger partial charge is 0.480 e. The second kappa shape index (κ2) is 5.12. The number of amides is 2. The molecule has 0 aliphatic heterocycles. The summed E-state index contributed by atoms with van der Waals surface area (Å²) in [6.45, 7) is 1.53. The molecule has 1 atom stereocenters. The van der Waals surface area contributed by atoms with E-state index in [1.54, 1.807) is 19.1 Å². The Kier molecular flexibility index (Phi) is 3.55. The minimum atomic E-state index is -0.997. The van der Waals surface area contributed by atoms with Crippen molar-refractivity contribution in [3.05, 3.63) is 24.2 Å². The van der Waals surface area contributed by atoms with Crippen LogP contribution in [0.2, 0.25) is 0 Å². The fraction of sp³-hybridized carbons (Fsp3) is 0.500. The average Bonchev–Trinajstić information content (AvgIpc) is 2.99. The Hall–Kier alpha value is -1.98. The molecule has 0 bridgehead atoms. The van der Waals surface area contributed by atoms with Crippen molar-refractivity contribution in [2.75, 3.05) is 6.54 Å². The Morgan fingerprint density at radius 3 is 2.83 bits per heavy atom. The first-order chi connectivity index (χ1) is 8.58. The van der Waals surface area contributed by atoms with E-state index < -0.39 is 5.97 Å². The van der Waals surface area contributed by atoms with Crippen LogP contribution in [0.4, 0.5) is 4.79 Å². The van der Waals surface area contributed by atoms with Gasteiger partial charge in [-0.3, -0.25) is 4.79 Å². The molecule has 2 rings (SSSR count). The van der Waals surface area contributed by atoms with Crippen LogP contribution in [0, 0.1) is 0 Å². The number of urea groups is 1. The molecule has 1 unspecified atom stereocenters. The minimum absolute atomic E-state index is 0.0601. The van der Waals surface area contributed by atoms with Gasteiger partial charge in [-0.15, -0.1) is 0 Å². The standard InChI is InChI=1S/C12H16N2O4/c1-8(10-3-2-6-18-10)13-12(17)14(7-11(15)16)9-4-5-9/h2-3,6,8-9H,4-5,7H2,1H3,(H,13,17)(H,15,16). The fourth-order valence-corrected chi connectivity index (χ4v) is 1.78. The zero-order valence-electron chi connectivity index (χ0n) is 10.1. The second-order valence-corrected chi connectivity index (χ2v) is 4.44. The van der Waals surface area contributed by atoms with Gasteiger partial charge in [0.2, 0.25) is 0 Å². The van der Waals surface area contributed by atoms with Gasteiger partial charge in [-0.05, 0) is 31.9 Å². The lowest BCUT2D eigenvalue weighted by atomic mass is 10.2. The molecule has 0 saturated heterocycles. The third-order valence-electron chi connectivity index (χ3n) is 2.86. The Labute approximate surface area is 105 Å². The molecule has 0 radical (unpaired) electrons. The van der Waals surface area contributed by atoms with Gasteiger partial charge < -0.3 is 19.7 Å². The van der Waals surface area contributed by atoms with Crippen molar-refractivity contribution in [3.8, 4) is 0 Å². The van der Waals surface area contributed by atoms with E-state index in [0.717, 1.165) is 12.8 Å². The normalized spacial score (nSPS) is 16.1. The molecule has 0 spiro atoms. The van der Waals surface area contributed by atoms with Gasteiger partial charge in [0.05, 0.1) is 12.3 Å². The summed E-state index contributed by atoms with van der Waals surface area (Å²) in [7, 11) is 0. The summed E-state index contributed by atoms with van der Waals surface area (Å²) in [5.74, 6) is -0.350. The molecule has 1 heterocycles. The lowest BCUT2D eigenvalue weighted by Crippen LogP contribution is -2.44. The van der Waals surface area contributed by atoms with E-state index in [1.165, 1.54) is 11.2 Å². The predicted molar refractivity (Wildman–Crippen MR) is 63.0 cm³/mol. The molecule has 1 aromatic heterocycles.